The van der Waals surface area contributed by atoms with E-state index >= 15 is 0 Å². The normalized spacial score (nSPS) is 13.7. The van der Waals surface area contributed by atoms with Crippen molar-refractivity contribution >= 4 is 23.1 Å². The van der Waals surface area contributed by atoms with Crippen LogP contribution < -0.4 is 10.2 Å². The monoisotopic (exact) mass is 379 g/mol. The maximum atomic E-state index is 12.3. The summed E-state index contributed by atoms with van der Waals surface area (Å²) in [5.41, 5.74) is 2.82. The van der Waals surface area contributed by atoms with E-state index in [-0.39, 0.29) is 12.3 Å². The van der Waals surface area contributed by atoms with Gasteiger partial charge in [-0.1, -0.05) is 0 Å². The summed E-state index contributed by atoms with van der Waals surface area (Å²) in [5, 5.41) is 5.80. The van der Waals surface area contributed by atoms with E-state index in [1.54, 1.807) is 12.4 Å². The first-order valence-electron chi connectivity index (χ1n) is 9.09. The van der Waals surface area contributed by atoms with Crippen LogP contribution in [-0.4, -0.2) is 33.9 Å². The van der Waals surface area contributed by atoms with Gasteiger partial charge in [-0.05, 0) is 42.7 Å². The van der Waals surface area contributed by atoms with Crippen LogP contribution in [0.15, 0.2) is 48.2 Å². The molecule has 0 aliphatic carbocycles. The highest BCUT2D eigenvalue weighted by molar-refractivity contribution is 7.13. The zero-order valence-electron chi connectivity index (χ0n) is 15.0. The van der Waals surface area contributed by atoms with Gasteiger partial charge >= 0.3 is 0 Å². The molecule has 1 aliphatic rings. The van der Waals surface area contributed by atoms with E-state index in [1.807, 2.05) is 29.8 Å². The summed E-state index contributed by atoms with van der Waals surface area (Å²) >= 11 is 1.53. The van der Waals surface area contributed by atoms with E-state index in [9.17, 15) is 4.79 Å². The predicted octanol–water partition coefficient (Wildman–Crippen LogP) is 3.06. The lowest BCUT2D eigenvalue weighted by Crippen LogP contribution is -2.25. The fourth-order valence-electron chi connectivity index (χ4n) is 3.13. The van der Waals surface area contributed by atoms with E-state index < -0.39 is 0 Å². The van der Waals surface area contributed by atoms with Gasteiger partial charge in [0.25, 0.3) is 0 Å². The Bertz CT molecular complexity index is 906. The van der Waals surface area contributed by atoms with Gasteiger partial charge in [0.2, 0.25) is 5.91 Å². The van der Waals surface area contributed by atoms with Gasteiger partial charge in [0.05, 0.1) is 12.1 Å². The molecule has 1 N–H and O–H groups in total. The quantitative estimate of drug-likeness (QED) is 0.713. The summed E-state index contributed by atoms with van der Waals surface area (Å²) in [5.74, 6) is 0.970. The second-order valence-electron chi connectivity index (χ2n) is 6.56. The number of thiazole rings is 1. The van der Waals surface area contributed by atoms with Crippen LogP contribution in [0.2, 0.25) is 0 Å². The Hall–Kier alpha value is -2.80. The standard InChI is InChI=1S/C20H21N5OS/c26-19(11-17-14-27-20(24-17)16-4-3-6-21-13-16)23-12-15-5-7-22-18(10-15)25-8-1-2-9-25/h3-7,10,13-14H,1-2,8-9,11-12H2,(H,23,26). The maximum Gasteiger partial charge on any atom is 0.226 e. The molecule has 3 aromatic rings. The van der Waals surface area contributed by atoms with Crippen LogP contribution in [0.5, 0.6) is 0 Å². The molecule has 7 heteroatoms. The number of carbonyl (C=O) groups is 1. The Morgan fingerprint density at radius 1 is 1.22 bits per heavy atom. The second-order valence-corrected chi connectivity index (χ2v) is 7.41. The molecule has 4 rings (SSSR count). The summed E-state index contributed by atoms with van der Waals surface area (Å²) in [4.78, 5) is 27.7. The molecule has 1 amide bonds. The largest absolute Gasteiger partial charge is 0.357 e. The SMILES string of the molecule is O=C(Cc1csc(-c2cccnc2)n1)NCc1ccnc(N2CCCC2)c1. The van der Waals surface area contributed by atoms with Gasteiger partial charge in [-0.25, -0.2) is 9.97 Å². The number of pyridine rings is 2. The smallest absolute Gasteiger partial charge is 0.226 e. The van der Waals surface area contributed by atoms with Gasteiger partial charge < -0.3 is 10.2 Å². The predicted molar refractivity (Wildman–Crippen MR) is 107 cm³/mol. The Labute approximate surface area is 162 Å². The number of nitrogens with one attached hydrogen (secondary N) is 1. The van der Waals surface area contributed by atoms with Crippen molar-refractivity contribution in [2.45, 2.75) is 25.8 Å². The van der Waals surface area contributed by atoms with E-state index in [1.165, 1.54) is 24.2 Å². The van der Waals surface area contributed by atoms with Crippen LogP contribution in [-0.2, 0) is 17.8 Å². The summed E-state index contributed by atoms with van der Waals surface area (Å²) in [7, 11) is 0. The molecule has 3 aromatic heterocycles. The third kappa shape index (κ3) is 4.49. The number of anilines is 1. The highest BCUT2D eigenvalue weighted by atomic mass is 32.1. The molecular formula is C20H21N5OS. The highest BCUT2D eigenvalue weighted by Crippen LogP contribution is 2.23. The van der Waals surface area contributed by atoms with Crippen LogP contribution in [0.1, 0.15) is 24.1 Å². The van der Waals surface area contributed by atoms with E-state index in [0.717, 1.165) is 40.7 Å². The molecule has 0 bridgehead atoms. The Kier molecular flexibility index (Phi) is 5.39. The van der Waals surface area contributed by atoms with Crippen molar-refractivity contribution in [2.24, 2.45) is 0 Å². The lowest BCUT2D eigenvalue weighted by Gasteiger charge is -2.16. The number of rotatable bonds is 6. The van der Waals surface area contributed by atoms with Gasteiger partial charge in [-0.2, -0.15) is 0 Å². The molecule has 0 atom stereocenters. The van der Waals surface area contributed by atoms with Gasteiger partial charge in [0, 0.05) is 49.2 Å². The Morgan fingerprint density at radius 2 is 2.11 bits per heavy atom. The lowest BCUT2D eigenvalue weighted by atomic mass is 10.2. The highest BCUT2D eigenvalue weighted by Gasteiger charge is 2.14. The first-order chi connectivity index (χ1) is 13.3. The molecule has 0 saturated carbocycles. The molecule has 1 aliphatic heterocycles. The second kappa shape index (κ2) is 8.26. The molecule has 6 nitrogen and oxygen atoms in total. The minimum atomic E-state index is -0.0300. The first kappa shape index (κ1) is 17.6. The molecule has 0 spiro atoms. The van der Waals surface area contributed by atoms with Gasteiger partial charge in [0.15, 0.2) is 0 Å². The lowest BCUT2D eigenvalue weighted by molar-refractivity contribution is -0.120. The zero-order valence-corrected chi connectivity index (χ0v) is 15.8. The number of hydrogen-bond acceptors (Lipinski definition) is 6. The van der Waals surface area contributed by atoms with Crippen molar-refractivity contribution < 1.29 is 4.79 Å². The number of carbonyl (C=O) groups excluding carboxylic acids is 1. The topological polar surface area (TPSA) is 71.0 Å². The van der Waals surface area contributed by atoms with Crippen LogP contribution in [0.4, 0.5) is 5.82 Å². The Balaban J connectivity index is 1.32. The molecule has 0 unspecified atom stereocenters. The van der Waals surface area contributed by atoms with Crippen LogP contribution in [0, 0.1) is 0 Å². The van der Waals surface area contributed by atoms with E-state index in [2.05, 4.69) is 31.2 Å². The van der Waals surface area contributed by atoms with E-state index in [4.69, 9.17) is 0 Å². The third-order valence-electron chi connectivity index (χ3n) is 4.53. The molecule has 0 radical (unpaired) electrons. The fraction of sp³-hybridized carbons (Fsp3) is 0.300. The summed E-state index contributed by atoms with van der Waals surface area (Å²) in [6, 6.07) is 7.86. The van der Waals surface area contributed by atoms with Gasteiger partial charge in [-0.3, -0.25) is 9.78 Å². The molecule has 138 valence electrons. The molecule has 4 heterocycles. The summed E-state index contributed by atoms with van der Waals surface area (Å²) < 4.78 is 0. The number of aromatic nitrogens is 3. The van der Waals surface area contributed by atoms with Crippen molar-refractivity contribution in [3.63, 3.8) is 0 Å². The van der Waals surface area contributed by atoms with Crippen LogP contribution >= 0.6 is 11.3 Å². The minimum absolute atomic E-state index is 0.0300. The average molecular weight is 379 g/mol. The molecular weight excluding hydrogens is 358 g/mol. The summed E-state index contributed by atoms with van der Waals surface area (Å²) in [6.07, 6.45) is 8.05. The van der Waals surface area contributed by atoms with Gasteiger partial charge in [0.1, 0.15) is 10.8 Å². The molecule has 0 aromatic carbocycles. The van der Waals surface area contributed by atoms with Crippen LogP contribution in [0.25, 0.3) is 10.6 Å². The maximum absolute atomic E-state index is 12.3. The molecule has 1 fully saturated rings. The summed E-state index contributed by atoms with van der Waals surface area (Å²) in [6.45, 7) is 2.62. The van der Waals surface area contributed by atoms with Gasteiger partial charge in [-0.15, -0.1) is 11.3 Å². The fourth-order valence-corrected chi connectivity index (χ4v) is 3.94. The van der Waals surface area contributed by atoms with E-state index in [0.29, 0.717) is 6.54 Å². The molecule has 1 saturated heterocycles. The Morgan fingerprint density at radius 3 is 2.93 bits per heavy atom. The number of amides is 1. The zero-order chi connectivity index (χ0) is 18.5. The first-order valence-corrected chi connectivity index (χ1v) is 9.97. The van der Waals surface area contributed by atoms with Crippen molar-refractivity contribution in [1.29, 1.82) is 0 Å². The minimum Gasteiger partial charge on any atom is -0.357 e. The molecule has 27 heavy (non-hydrogen) atoms. The third-order valence-corrected chi connectivity index (χ3v) is 5.47. The van der Waals surface area contributed by atoms with Crippen molar-refractivity contribution in [3.05, 3.63) is 59.5 Å². The number of hydrogen-bond donors (Lipinski definition) is 1. The number of nitrogens with zero attached hydrogens (tertiary/aromatic N) is 4. The van der Waals surface area contributed by atoms with Crippen molar-refractivity contribution in [1.82, 2.24) is 20.3 Å². The average Bonchev–Trinajstić information content (AvgIpc) is 3.40. The van der Waals surface area contributed by atoms with Crippen molar-refractivity contribution in [2.75, 3.05) is 18.0 Å². The van der Waals surface area contributed by atoms with Crippen molar-refractivity contribution in [3.8, 4) is 10.6 Å². The van der Waals surface area contributed by atoms with Crippen LogP contribution in [0.3, 0.4) is 0 Å².